The summed E-state index contributed by atoms with van der Waals surface area (Å²) >= 11 is 1.69. The van der Waals surface area contributed by atoms with Crippen molar-refractivity contribution in [1.29, 1.82) is 0 Å². The highest BCUT2D eigenvalue weighted by molar-refractivity contribution is 7.88. The van der Waals surface area contributed by atoms with Crippen molar-refractivity contribution in [2.45, 2.75) is 19.3 Å². The molecule has 2 rings (SSSR count). The Labute approximate surface area is 124 Å². The van der Waals surface area contributed by atoms with Gasteiger partial charge in [0.05, 0.1) is 6.26 Å². The normalized spacial score (nSPS) is 18.1. The van der Waals surface area contributed by atoms with Crippen LogP contribution in [0.3, 0.4) is 0 Å². The van der Waals surface area contributed by atoms with Crippen molar-refractivity contribution in [3.8, 4) is 0 Å². The van der Waals surface area contributed by atoms with Crippen LogP contribution in [0.15, 0.2) is 17.5 Å². The van der Waals surface area contributed by atoms with Gasteiger partial charge < -0.3 is 5.32 Å². The van der Waals surface area contributed by atoms with Crippen LogP contribution in [-0.4, -0.2) is 44.5 Å². The number of sulfonamides is 1. The number of rotatable bonds is 5. The van der Waals surface area contributed by atoms with Gasteiger partial charge in [0.15, 0.2) is 0 Å². The maximum atomic E-state index is 12.0. The zero-order valence-electron chi connectivity index (χ0n) is 11.5. The summed E-state index contributed by atoms with van der Waals surface area (Å²) in [5.74, 6) is -0.00829. The van der Waals surface area contributed by atoms with Crippen molar-refractivity contribution in [1.82, 2.24) is 9.62 Å². The first-order chi connectivity index (χ1) is 9.47. The summed E-state index contributed by atoms with van der Waals surface area (Å²) in [6.07, 6.45) is 3.29. The van der Waals surface area contributed by atoms with Crippen molar-refractivity contribution < 1.29 is 13.2 Å². The van der Waals surface area contributed by atoms with Crippen molar-refractivity contribution in [3.05, 3.63) is 22.4 Å². The first kappa shape index (κ1) is 15.5. The molecule has 0 aromatic carbocycles. The lowest BCUT2D eigenvalue weighted by Crippen LogP contribution is -2.42. The number of hydrogen-bond acceptors (Lipinski definition) is 4. The van der Waals surface area contributed by atoms with Crippen LogP contribution in [0.25, 0.3) is 0 Å². The molecule has 1 amide bonds. The van der Waals surface area contributed by atoms with E-state index >= 15 is 0 Å². The number of carbonyl (C=O) groups excluding carboxylic acids is 1. The molecule has 0 unspecified atom stereocenters. The predicted octanol–water partition coefficient (Wildman–Crippen LogP) is 1.08. The van der Waals surface area contributed by atoms with E-state index in [9.17, 15) is 13.2 Å². The van der Waals surface area contributed by atoms with E-state index in [-0.39, 0.29) is 11.8 Å². The highest BCUT2D eigenvalue weighted by atomic mass is 32.2. The number of hydrogen-bond donors (Lipinski definition) is 1. The summed E-state index contributed by atoms with van der Waals surface area (Å²) in [6, 6.07) is 4.06. The number of thiophene rings is 1. The second kappa shape index (κ2) is 6.69. The van der Waals surface area contributed by atoms with Gasteiger partial charge in [-0.3, -0.25) is 4.79 Å². The van der Waals surface area contributed by atoms with Crippen LogP contribution in [0.4, 0.5) is 0 Å². The van der Waals surface area contributed by atoms with E-state index in [1.54, 1.807) is 11.3 Å². The first-order valence-corrected chi connectivity index (χ1v) is 9.45. The van der Waals surface area contributed by atoms with E-state index in [1.165, 1.54) is 15.4 Å². The van der Waals surface area contributed by atoms with E-state index < -0.39 is 10.0 Å². The lowest BCUT2D eigenvalue weighted by molar-refractivity contribution is -0.126. The number of carbonyl (C=O) groups is 1. The smallest absolute Gasteiger partial charge is 0.223 e. The minimum absolute atomic E-state index is 0.0507. The van der Waals surface area contributed by atoms with Gasteiger partial charge in [-0.05, 0) is 30.7 Å². The fourth-order valence-corrected chi connectivity index (χ4v) is 3.94. The summed E-state index contributed by atoms with van der Waals surface area (Å²) < 4.78 is 24.2. The monoisotopic (exact) mass is 316 g/mol. The molecule has 0 radical (unpaired) electrons. The van der Waals surface area contributed by atoms with E-state index in [0.29, 0.717) is 32.5 Å². The predicted molar refractivity (Wildman–Crippen MR) is 80.2 cm³/mol. The highest BCUT2D eigenvalue weighted by Crippen LogP contribution is 2.19. The lowest BCUT2D eigenvalue weighted by Gasteiger charge is -2.29. The average molecular weight is 316 g/mol. The molecular formula is C13H20N2O3S2. The Morgan fingerprint density at radius 2 is 2.15 bits per heavy atom. The zero-order valence-corrected chi connectivity index (χ0v) is 13.2. The molecule has 0 atom stereocenters. The Bertz CT molecular complexity index is 532. The molecule has 5 nitrogen and oxygen atoms in total. The van der Waals surface area contributed by atoms with Crippen LogP contribution in [0.5, 0.6) is 0 Å². The Balaban J connectivity index is 1.72. The zero-order chi connectivity index (χ0) is 14.6. The van der Waals surface area contributed by atoms with E-state index in [1.807, 2.05) is 11.4 Å². The number of piperidine rings is 1. The Morgan fingerprint density at radius 1 is 1.45 bits per heavy atom. The minimum Gasteiger partial charge on any atom is -0.355 e. The Kier molecular flexibility index (Phi) is 5.17. The number of nitrogens with one attached hydrogen (secondary N) is 1. The lowest BCUT2D eigenvalue weighted by atomic mass is 9.97. The number of amides is 1. The average Bonchev–Trinajstić information content (AvgIpc) is 2.91. The maximum Gasteiger partial charge on any atom is 0.223 e. The third-order valence-corrected chi connectivity index (χ3v) is 5.78. The van der Waals surface area contributed by atoms with Crippen LogP contribution in [0.1, 0.15) is 17.7 Å². The molecule has 0 saturated carbocycles. The van der Waals surface area contributed by atoms with Gasteiger partial charge in [-0.25, -0.2) is 12.7 Å². The number of nitrogens with zero attached hydrogens (tertiary/aromatic N) is 1. The van der Waals surface area contributed by atoms with Gasteiger partial charge >= 0.3 is 0 Å². The molecule has 1 fully saturated rings. The Morgan fingerprint density at radius 3 is 2.70 bits per heavy atom. The molecule has 2 heterocycles. The maximum absolute atomic E-state index is 12.0. The van der Waals surface area contributed by atoms with Gasteiger partial charge in [-0.2, -0.15) is 0 Å². The van der Waals surface area contributed by atoms with Gasteiger partial charge in [-0.1, -0.05) is 6.07 Å². The molecule has 0 bridgehead atoms. The quantitative estimate of drug-likeness (QED) is 0.884. The standard InChI is InChI=1S/C13H20N2O3S2/c1-20(17,18)15-8-5-11(6-9-15)13(16)14-7-4-12-3-2-10-19-12/h2-3,10-11H,4-9H2,1H3,(H,14,16). The molecule has 0 spiro atoms. The molecule has 7 heteroatoms. The van der Waals surface area contributed by atoms with E-state index in [0.717, 1.165) is 6.42 Å². The van der Waals surface area contributed by atoms with Gasteiger partial charge in [0.2, 0.25) is 15.9 Å². The van der Waals surface area contributed by atoms with Crippen molar-refractivity contribution in [2.24, 2.45) is 5.92 Å². The summed E-state index contributed by atoms with van der Waals surface area (Å²) in [7, 11) is -3.12. The molecule has 1 aliphatic rings. The third kappa shape index (κ3) is 4.29. The molecule has 1 aromatic heterocycles. The van der Waals surface area contributed by atoms with Crippen LogP contribution >= 0.6 is 11.3 Å². The molecule has 1 saturated heterocycles. The third-order valence-electron chi connectivity index (χ3n) is 3.54. The van der Waals surface area contributed by atoms with Crippen molar-refractivity contribution in [2.75, 3.05) is 25.9 Å². The summed E-state index contributed by atoms with van der Waals surface area (Å²) in [4.78, 5) is 13.3. The summed E-state index contributed by atoms with van der Waals surface area (Å²) in [5, 5.41) is 4.97. The van der Waals surface area contributed by atoms with Crippen LogP contribution in [0.2, 0.25) is 0 Å². The van der Waals surface area contributed by atoms with Crippen molar-refractivity contribution >= 4 is 27.3 Å². The first-order valence-electron chi connectivity index (χ1n) is 6.72. The molecular weight excluding hydrogens is 296 g/mol. The highest BCUT2D eigenvalue weighted by Gasteiger charge is 2.28. The van der Waals surface area contributed by atoms with Crippen LogP contribution in [0, 0.1) is 5.92 Å². The van der Waals surface area contributed by atoms with E-state index in [4.69, 9.17) is 0 Å². The Hall–Kier alpha value is -0.920. The SMILES string of the molecule is CS(=O)(=O)N1CCC(C(=O)NCCc2cccs2)CC1. The van der Waals surface area contributed by atoms with E-state index in [2.05, 4.69) is 11.4 Å². The summed E-state index contributed by atoms with van der Waals surface area (Å²) in [6.45, 7) is 1.54. The fraction of sp³-hybridized carbons (Fsp3) is 0.615. The second-order valence-corrected chi connectivity index (χ2v) is 8.07. The van der Waals surface area contributed by atoms with Crippen LogP contribution < -0.4 is 5.32 Å². The van der Waals surface area contributed by atoms with Gasteiger partial charge in [-0.15, -0.1) is 11.3 Å². The molecule has 1 N–H and O–H groups in total. The van der Waals surface area contributed by atoms with Gasteiger partial charge in [0.1, 0.15) is 0 Å². The largest absolute Gasteiger partial charge is 0.355 e. The second-order valence-electron chi connectivity index (χ2n) is 5.06. The molecule has 0 aliphatic carbocycles. The van der Waals surface area contributed by atoms with Crippen molar-refractivity contribution in [3.63, 3.8) is 0 Å². The summed E-state index contributed by atoms with van der Waals surface area (Å²) in [5.41, 5.74) is 0. The molecule has 20 heavy (non-hydrogen) atoms. The fourth-order valence-electron chi connectivity index (χ4n) is 2.36. The van der Waals surface area contributed by atoms with Crippen LogP contribution in [-0.2, 0) is 21.2 Å². The van der Waals surface area contributed by atoms with Gasteiger partial charge in [0, 0.05) is 30.4 Å². The molecule has 1 aromatic rings. The van der Waals surface area contributed by atoms with Gasteiger partial charge in [0.25, 0.3) is 0 Å². The molecule has 112 valence electrons. The molecule has 1 aliphatic heterocycles. The minimum atomic E-state index is -3.12. The topological polar surface area (TPSA) is 66.5 Å².